The van der Waals surface area contributed by atoms with Crippen LogP contribution in [0.15, 0.2) is 24.5 Å². The first kappa shape index (κ1) is 18.9. The van der Waals surface area contributed by atoms with Crippen molar-refractivity contribution in [1.82, 2.24) is 20.5 Å². The number of hydrogen-bond donors (Lipinski definition) is 2. The van der Waals surface area contributed by atoms with Gasteiger partial charge in [-0.1, -0.05) is 13.8 Å². The van der Waals surface area contributed by atoms with Crippen molar-refractivity contribution in [3.8, 4) is 0 Å². The number of hydrogen-bond acceptors (Lipinski definition) is 4. The molecule has 7 heteroatoms. The second-order valence-corrected chi connectivity index (χ2v) is 6.72. The summed E-state index contributed by atoms with van der Waals surface area (Å²) in [5.41, 5.74) is 0.490. The van der Waals surface area contributed by atoms with Crippen LogP contribution in [0.25, 0.3) is 0 Å². The second-order valence-electron chi connectivity index (χ2n) is 6.72. The van der Waals surface area contributed by atoms with Gasteiger partial charge >= 0.3 is 0 Å². The van der Waals surface area contributed by atoms with E-state index in [9.17, 15) is 14.4 Å². The third kappa shape index (κ3) is 5.85. The lowest BCUT2D eigenvalue weighted by atomic mass is 9.96. The maximum Gasteiger partial charge on any atom is 0.252 e. The molecule has 1 aromatic rings. The first-order valence-electron chi connectivity index (χ1n) is 8.71. The van der Waals surface area contributed by atoms with Crippen LogP contribution in [0.1, 0.15) is 37.0 Å². The Hall–Kier alpha value is -2.44. The average Bonchev–Trinajstić information content (AvgIpc) is 2.60. The van der Waals surface area contributed by atoms with E-state index in [2.05, 4.69) is 29.5 Å². The molecule has 2 heterocycles. The first-order chi connectivity index (χ1) is 12.0. The number of rotatable bonds is 7. The summed E-state index contributed by atoms with van der Waals surface area (Å²) in [4.78, 5) is 41.7. The highest BCUT2D eigenvalue weighted by Crippen LogP contribution is 2.18. The summed E-state index contributed by atoms with van der Waals surface area (Å²) in [5, 5.41) is 5.58. The highest BCUT2D eigenvalue weighted by atomic mass is 16.2. The van der Waals surface area contributed by atoms with E-state index in [-0.39, 0.29) is 23.6 Å². The summed E-state index contributed by atoms with van der Waals surface area (Å²) in [6, 6.07) is 3.38. The molecule has 0 saturated carbocycles. The third-order valence-corrected chi connectivity index (χ3v) is 4.09. The number of pyridine rings is 1. The van der Waals surface area contributed by atoms with Crippen molar-refractivity contribution in [3.63, 3.8) is 0 Å². The summed E-state index contributed by atoms with van der Waals surface area (Å²) in [6.45, 7) is 5.98. The fourth-order valence-electron chi connectivity index (χ4n) is 2.85. The Morgan fingerprint density at radius 3 is 2.76 bits per heavy atom. The third-order valence-electron chi connectivity index (χ3n) is 4.09. The Morgan fingerprint density at radius 1 is 1.32 bits per heavy atom. The molecule has 0 aromatic carbocycles. The van der Waals surface area contributed by atoms with Crippen molar-refractivity contribution in [2.45, 2.75) is 26.7 Å². The normalized spacial score (nSPS) is 17.5. The predicted octanol–water partition coefficient (Wildman–Crippen LogP) is 0.822. The van der Waals surface area contributed by atoms with Crippen molar-refractivity contribution in [1.29, 1.82) is 0 Å². The van der Waals surface area contributed by atoms with E-state index in [0.29, 0.717) is 50.5 Å². The quantitative estimate of drug-likeness (QED) is 0.715. The fraction of sp³-hybridized carbons (Fsp3) is 0.556. The first-order valence-corrected chi connectivity index (χ1v) is 8.71. The van der Waals surface area contributed by atoms with Crippen molar-refractivity contribution in [2.75, 3.05) is 26.2 Å². The SMILES string of the molecule is CC(C)CN1C[C@@H](C(=O)NCCNC(=O)c2cccnc2)CCC1=O. The lowest BCUT2D eigenvalue weighted by molar-refractivity contribution is -0.138. The second kappa shape index (κ2) is 9.15. The largest absolute Gasteiger partial charge is 0.354 e. The molecule has 1 fully saturated rings. The molecule has 3 amide bonds. The van der Waals surface area contributed by atoms with Gasteiger partial charge in [-0.25, -0.2) is 0 Å². The van der Waals surface area contributed by atoms with Crippen LogP contribution in [0.2, 0.25) is 0 Å². The lowest BCUT2D eigenvalue weighted by Crippen LogP contribution is -2.47. The highest BCUT2D eigenvalue weighted by molar-refractivity contribution is 5.93. The Balaban J connectivity index is 1.71. The number of piperidine rings is 1. The van der Waals surface area contributed by atoms with E-state index >= 15 is 0 Å². The van der Waals surface area contributed by atoms with Crippen molar-refractivity contribution in [3.05, 3.63) is 30.1 Å². The molecule has 7 nitrogen and oxygen atoms in total. The summed E-state index contributed by atoms with van der Waals surface area (Å²) < 4.78 is 0. The Morgan fingerprint density at radius 2 is 2.08 bits per heavy atom. The average molecular weight is 346 g/mol. The minimum atomic E-state index is -0.214. The number of carbonyl (C=O) groups excluding carboxylic acids is 3. The maximum absolute atomic E-state index is 12.3. The van der Waals surface area contributed by atoms with Gasteiger partial charge in [0.25, 0.3) is 5.91 Å². The van der Waals surface area contributed by atoms with Gasteiger partial charge in [0.15, 0.2) is 0 Å². The molecule has 0 spiro atoms. The monoisotopic (exact) mass is 346 g/mol. The van der Waals surface area contributed by atoms with Gasteiger partial charge in [-0.15, -0.1) is 0 Å². The molecular formula is C18H26N4O3. The van der Waals surface area contributed by atoms with Crippen LogP contribution >= 0.6 is 0 Å². The molecule has 2 N–H and O–H groups in total. The Bertz CT molecular complexity index is 604. The number of nitrogens with zero attached hydrogens (tertiary/aromatic N) is 2. The van der Waals surface area contributed by atoms with Crippen molar-refractivity contribution in [2.24, 2.45) is 11.8 Å². The van der Waals surface area contributed by atoms with Gasteiger partial charge in [-0.05, 0) is 24.5 Å². The zero-order valence-corrected chi connectivity index (χ0v) is 14.8. The number of aromatic nitrogens is 1. The van der Waals surface area contributed by atoms with Gasteiger partial charge in [0.05, 0.1) is 11.5 Å². The maximum atomic E-state index is 12.3. The van der Waals surface area contributed by atoms with Gasteiger partial charge < -0.3 is 15.5 Å². The van der Waals surface area contributed by atoms with E-state index in [1.807, 2.05) is 0 Å². The molecule has 136 valence electrons. The van der Waals surface area contributed by atoms with Crippen LogP contribution in [0, 0.1) is 11.8 Å². The zero-order chi connectivity index (χ0) is 18.2. The van der Waals surface area contributed by atoms with Crippen LogP contribution < -0.4 is 10.6 Å². The van der Waals surface area contributed by atoms with E-state index in [1.165, 1.54) is 6.20 Å². The van der Waals surface area contributed by atoms with Gasteiger partial charge in [0.2, 0.25) is 11.8 Å². The van der Waals surface area contributed by atoms with Crippen molar-refractivity contribution >= 4 is 17.7 Å². The van der Waals surface area contributed by atoms with Crippen molar-refractivity contribution < 1.29 is 14.4 Å². The molecule has 0 radical (unpaired) electrons. The minimum absolute atomic E-state index is 0.0584. The smallest absolute Gasteiger partial charge is 0.252 e. The van der Waals surface area contributed by atoms with Gasteiger partial charge in [-0.2, -0.15) is 0 Å². The summed E-state index contributed by atoms with van der Waals surface area (Å²) in [6.07, 6.45) is 4.11. The number of nitrogens with one attached hydrogen (secondary N) is 2. The number of likely N-dealkylation sites (tertiary alicyclic amines) is 1. The van der Waals surface area contributed by atoms with Gasteiger partial charge in [0.1, 0.15) is 0 Å². The zero-order valence-electron chi connectivity index (χ0n) is 14.8. The Kier molecular flexibility index (Phi) is 6.91. The van der Waals surface area contributed by atoms with Crippen LogP contribution in [-0.4, -0.2) is 53.8 Å². The van der Waals surface area contributed by atoms with Crippen LogP contribution in [-0.2, 0) is 9.59 Å². The molecular weight excluding hydrogens is 320 g/mol. The van der Waals surface area contributed by atoms with Crippen LogP contribution in [0.3, 0.4) is 0 Å². The molecule has 25 heavy (non-hydrogen) atoms. The van der Waals surface area contributed by atoms with Gasteiger partial charge in [-0.3, -0.25) is 19.4 Å². The van der Waals surface area contributed by atoms with E-state index in [1.54, 1.807) is 23.2 Å². The van der Waals surface area contributed by atoms with E-state index < -0.39 is 0 Å². The number of carbonyl (C=O) groups is 3. The van der Waals surface area contributed by atoms with Crippen LogP contribution in [0.4, 0.5) is 0 Å². The van der Waals surface area contributed by atoms with Crippen LogP contribution in [0.5, 0.6) is 0 Å². The Labute approximate surface area is 148 Å². The molecule has 2 rings (SSSR count). The number of amides is 3. The highest BCUT2D eigenvalue weighted by Gasteiger charge is 2.30. The van der Waals surface area contributed by atoms with E-state index in [4.69, 9.17) is 0 Å². The molecule has 1 aromatic heterocycles. The molecule has 1 saturated heterocycles. The summed E-state index contributed by atoms with van der Waals surface area (Å²) in [5.74, 6) is 0.0611. The molecule has 1 aliphatic heterocycles. The molecule has 0 aliphatic carbocycles. The standard InChI is InChI=1S/C18H26N4O3/c1-13(2)11-22-12-15(5-6-16(22)23)18(25)21-9-8-20-17(24)14-4-3-7-19-10-14/h3-4,7,10,13,15H,5-6,8-9,11-12H2,1-2H3,(H,20,24)(H,21,25)/t15-/m0/s1. The molecule has 0 unspecified atom stereocenters. The molecule has 0 bridgehead atoms. The van der Waals surface area contributed by atoms with Gasteiger partial charge in [0, 0.05) is 45.0 Å². The fourth-order valence-corrected chi connectivity index (χ4v) is 2.85. The summed E-state index contributed by atoms with van der Waals surface area (Å²) >= 11 is 0. The molecule has 1 aliphatic rings. The van der Waals surface area contributed by atoms with E-state index in [0.717, 1.165) is 0 Å². The summed E-state index contributed by atoms with van der Waals surface area (Å²) in [7, 11) is 0. The predicted molar refractivity (Wildman–Crippen MR) is 93.7 cm³/mol. The molecule has 1 atom stereocenters. The minimum Gasteiger partial charge on any atom is -0.354 e. The topological polar surface area (TPSA) is 91.4 Å². The lowest BCUT2D eigenvalue weighted by Gasteiger charge is -2.33.